The molecule has 2 atom stereocenters. The Kier molecular flexibility index (Phi) is 50.8. The molecule has 0 bridgehead atoms. The monoisotopic (exact) mass is 923 g/mol. The third-order valence-corrected chi connectivity index (χ3v) is 12.3. The van der Waals surface area contributed by atoms with Crippen molar-refractivity contribution >= 4 is 0 Å². The summed E-state index contributed by atoms with van der Waals surface area (Å²) in [7, 11) is 0. The van der Waals surface area contributed by atoms with Gasteiger partial charge in [-0.05, 0) is 51.4 Å². The van der Waals surface area contributed by atoms with Crippen LogP contribution in [0.15, 0.2) is 23.0 Å². The molecule has 0 aliphatic rings. The molecular weight excluding hydrogens is 809 g/mol. The summed E-state index contributed by atoms with van der Waals surface area (Å²) in [5.41, 5.74) is 0. The number of rotatable bonds is 54. The van der Waals surface area contributed by atoms with Crippen molar-refractivity contribution in [2.24, 2.45) is 0 Å². The zero-order chi connectivity index (χ0) is 47.5. The lowest BCUT2D eigenvalue weighted by molar-refractivity contribution is -0.243. The van der Waals surface area contributed by atoms with Crippen molar-refractivity contribution in [1.82, 2.24) is 0 Å². The maximum atomic E-state index is 7.28. The van der Waals surface area contributed by atoms with Gasteiger partial charge in [-0.3, -0.25) is 0 Å². The van der Waals surface area contributed by atoms with Gasteiger partial charge in [-0.25, -0.2) is 0 Å². The zero-order valence-electron chi connectivity index (χ0n) is 45.1. The van der Waals surface area contributed by atoms with Crippen molar-refractivity contribution < 1.29 is 33.2 Å². The van der Waals surface area contributed by atoms with Crippen LogP contribution >= 0.6 is 0 Å². The third kappa shape index (κ3) is 39.1. The van der Waals surface area contributed by atoms with Crippen molar-refractivity contribution in [1.29, 1.82) is 0 Å². The standard InChI is InChI=1S/C58H114O7/c1-9-17-23-29-35-39-47-59-53(45-15-7)55(61-49-41-37-31-25-19-11-3)57(63-51-43-33-27-21-13-5)65-58(64-52-44-34-28-22-14-6)56(62-50-42-38-32-26-20-12-4)54(46-16-8)60-48-40-36-30-24-18-10-2/h57-58H,9-52H2,1-8H3. The van der Waals surface area contributed by atoms with Gasteiger partial charge in [0.1, 0.15) is 11.5 Å². The van der Waals surface area contributed by atoms with Gasteiger partial charge in [-0.15, -0.1) is 0 Å². The normalized spacial score (nSPS) is 13.4. The second-order valence-electron chi connectivity index (χ2n) is 18.9. The summed E-state index contributed by atoms with van der Waals surface area (Å²) in [6.07, 6.45) is 42.4. The van der Waals surface area contributed by atoms with Crippen molar-refractivity contribution in [3.8, 4) is 0 Å². The molecule has 0 heterocycles. The molecule has 0 aromatic heterocycles. The first kappa shape index (κ1) is 63.6. The molecule has 388 valence electrons. The highest BCUT2D eigenvalue weighted by Crippen LogP contribution is 2.29. The Morgan fingerprint density at radius 3 is 0.738 bits per heavy atom. The van der Waals surface area contributed by atoms with Crippen LogP contribution in [-0.4, -0.2) is 52.2 Å². The molecule has 7 nitrogen and oxygen atoms in total. The Bertz CT molecular complexity index is 934. The topological polar surface area (TPSA) is 64.6 Å². The first-order valence-electron chi connectivity index (χ1n) is 28.9. The van der Waals surface area contributed by atoms with E-state index in [1.54, 1.807) is 0 Å². The molecule has 0 aromatic rings. The molecule has 2 unspecified atom stereocenters. The number of hydrogen-bond donors (Lipinski definition) is 0. The molecule has 7 heteroatoms. The van der Waals surface area contributed by atoms with Crippen LogP contribution in [0, 0.1) is 0 Å². The minimum Gasteiger partial charge on any atom is -0.494 e. The summed E-state index contributed by atoms with van der Waals surface area (Å²) in [5.74, 6) is 3.12. The number of ether oxygens (including phenoxy) is 7. The van der Waals surface area contributed by atoms with Crippen molar-refractivity contribution in [2.75, 3.05) is 39.6 Å². The first-order chi connectivity index (χ1) is 32.1. The van der Waals surface area contributed by atoms with Gasteiger partial charge in [-0.2, -0.15) is 0 Å². The van der Waals surface area contributed by atoms with E-state index in [-0.39, 0.29) is 0 Å². The van der Waals surface area contributed by atoms with E-state index in [2.05, 4.69) is 55.4 Å². The second kappa shape index (κ2) is 51.9. The van der Waals surface area contributed by atoms with E-state index in [4.69, 9.17) is 33.2 Å². The lowest BCUT2D eigenvalue weighted by Crippen LogP contribution is -2.34. The van der Waals surface area contributed by atoms with E-state index in [0.717, 1.165) is 101 Å². The van der Waals surface area contributed by atoms with Crippen LogP contribution in [0.5, 0.6) is 0 Å². The fourth-order valence-corrected chi connectivity index (χ4v) is 8.09. The molecule has 0 aliphatic carbocycles. The molecule has 0 rings (SSSR count). The van der Waals surface area contributed by atoms with Gasteiger partial charge in [0.15, 0.2) is 11.5 Å². The summed E-state index contributed by atoms with van der Waals surface area (Å²) in [4.78, 5) is 0. The molecule has 0 aromatic carbocycles. The zero-order valence-corrected chi connectivity index (χ0v) is 45.1. The van der Waals surface area contributed by atoms with Crippen molar-refractivity contribution in [3.63, 3.8) is 0 Å². The highest BCUT2D eigenvalue weighted by atomic mass is 16.8. The molecule has 0 saturated carbocycles. The van der Waals surface area contributed by atoms with Gasteiger partial charge in [0.25, 0.3) is 0 Å². The van der Waals surface area contributed by atoms with Gasteiger partial charge < -0.3 is 33.2 Å². The molecule has 65 heavy (non-hydrogen) atoms. The van der Waals surface area contributed by atoms with E-state index in [0.29, 0.717) is 51.2 Å². The van der Waals surface area contributed by atoms with Gasteiger partial charge in [0.2, 0.25) is 12.6 Å². The molecular formula is C58H114O7. The smallest absolute Gasteiger partial charge is 0.223 e. The lowest BCUT2D eigenvalue weighted by atomic mass is 10.1. The summed E-state index contributed by atoms with van der Waals surface area (Å²) >= 11 is 0. The molecule has 0 spiro atoms. The van der Waals surface area contributed by atoms with Crippen LogP contribution in [0.3, 0.4) is 0 Å². The van der Waals surface area contributed by atoms with Crippen molar-refractivity contribution in [2.45, 2.75) is 312 Å². The lowest BCUT2D eigenvalue weighted by Gasteiger charge is -2.30. The average Bonchev–Trinajstić information content (AvgIpc) is 3.31. The summed E-state index contributed by atoms with van der Waals surface area (Å²) in [5, 5.41) is 0. The van der Waals surface area contributed by atoms with Crippen LogP contribution in [0.2, 0.25) is 0 Å². The molecule has 0 aliphatic heterocycles. The second-order valence-corrected chi connectivity index (χ2v) is 18.9. The van der Waals surface area contributed by atoms with E-state index in [1.165, 1.54) is 154 Å². The molecule has 0 saturated heterocycles. The Morgan fingerprint density at radius 2 is 0.477 bits per heavy atom. The van der Waals surface area contributed by atoms with E-state index >= 15 is 0 Å². The maximum Gasteiger partial charge on any atom is 0.223 e. The Hall–Kier alpha value is -1.44. The fraction of sp³-hybridized carbons (Fsp3) is 0.931. The van der Waals surface area contributed by atoms with Gasteiger partial charge in [-0.1, -0.05) is 235 Å². The van der Waals surface area contributed by atoms with Crippen LogP contribution in [0.1, 0.15) is 299 Å². The highest BCUT2D eigenvalue weighted by molar-refractivity contribution is 5.09. The highest BCUT2D eigenvalue weighted by Gasteiger charge is 2.32. The van der Waals surface area contributed by atoms with Crippen LogP contribution < -0.4 is 0 Å². The largest absolute Gasteiger partial charge is 0.494 e. The minimum absolute atomic E-state index is 0.576. The van der Waals surface area contributed by atoms with Crippen LogP contribution in [0.4, 0.5) is 0 Å². The predicted octanol–water partition coefficient (Wildman–Crippen LogP) is 19.2. The van der Waals surface area contributed by atoms with Gasteiger partial charge >= 0.3 is 0 Å². The average molecular weight is 924 g/mol. The quantitative estimate of drug-likeness (QED) is 0.0342. The minimum atomic E-state index is -0.799. The predicted molar refractivity (Wildman–Crippen MR) is 279 cm³/mol. The summed E-state index contributed by atoms with van der Waals surface area (Å²) in [6, 6.07) is 0. The Balaban J connectivity index is 7.22. The Labute approximate surface area is 406 Å². The first-order valence-corrected chi connectivity index (χ1v) is 28.9. The molecule has 0 N–H and O–H groups in total. The van der Waals surface area contributed by atoms with Crippen LogP contribution in [0.25, 0.3) is 0 Å². The fourth-order valence-electron chi connectivity index (χ4n) is 8.09. The molecule has 0 radical (unpaired) electrons. The Morgan fingerprint density at radius 1 is 0.246 bits per heavy atom. The van der Waals surface area contributed by atoms with E-state index in [9.17, 15) is 0 Å². The molecule has 0 amide bonds. The van der Waals surface area contributed by atoms with Crippen molar-refractivity contribution in [3.05, 3.63) is 23.0 Å². The van der Waals surface area contributed by atoms with Crippen LogP contribution in [-0.2, 0) is 33.2 Å². The van der Waals surface area contributed by atoms with E-state index in [1.807, 2.05) is 0 Å². The van der Waals surface area contributed by atoms with Gasteiger partial charge in [0.05, 0.1) is 39.6 Å². The van der Waals surface area contributed by atoms with E-state index < -0.39 is 12.6 Å². The summed E-state index contributed by atoms with van der Waals surface area (Å²) in [6.45, 7) is 21.8. The number of allylic oxidation sites excluding steroid dienone is 2. The third-order valence-electron chi connectivity index (χ3n) is 12.3. The number of hydrogen-bond acceptors (Lipinski definition) is 7. The number of unbranched alkanes of at least 4 members (excludes halogenated alkanes) is 28. The molecule has 0 fully saturated rings. The maximum absolute atomic E-state index is 7.28. The SMILES string of the molecule is CCCCCCCCOC(CCC)=C(OCCCCCCCC)C(OCCCCCCC)OC(OCCCCCCC)C(OCCCCCCCC)=C(CCC)OCCCCCCCC. The van der Waals surface area contributed by atoms with Gasteiger partial charge in [0, 0.05) is 12.8 Å². The summed E-state index contributed by atoms with van der Waals surface area (Å²) < 4.78 is 48.5.